The number of hydrogen-bond donors (Lipinski definition) is 2. The van der Waals surface area contributed by atoms with Gasteiger partial charge in [0.15, 0.2) is 0 Å². The fourth-order valence-corrected chi connectivity index (χ4v) is 4.42. The zero-order valence-corrected chi connectivity index (χ0v) is 21.1. The van der Waals surface area contributed by atoms with Gasteiger partial charge < -0.3 is 25.0 Å². The molecule has 4 rings (SSSR count). The molecule has 0 saturated heterocycles. The second-order valence-corrected chi connectivity index (χ2v) is 8.74. The maximum atomic E-state index is 13.1. The van der Waals surface area contributed by atoms with Crippen molar-refractivity contribution in [1.82, 2.24) is 0 Å². The second kappa shape index (κ2) is 11.6. The van der Waals surface area contributed by atoms with Crippen LogP contribution in [0.5, 0.6) is 11.5 Å². The van der Waals surface area contributed by atoms with Crippen molar-refractivity contribution in [3.8, 4) is 11.5 Å². The first-order valence-corrected chi connectivity index (χ1v) is 12.4. The molecule has 0 unspecified atom stereocenters. The number of amides is 2. The molecule has 36 heavy (non-hydrogen) atoms. The van der Waals surface area contributed by atoms with Crippen LogP contribution >= 0.6 is 0 Å². The minimum Gasteiger partial charge on any atom is -0.492 e. The predicted octanol–water partition coefficient (Wildman–Crippen LogP) is 5.44. The van der Waals surface area contributed by atoms with Gasteiger partial charge in [0.25, 0.3) is 5.91 Å². The molecule has 1 aliphatic rings. The van der Waals surface area contributed by atoms with E-state index in [2.05, 4.69) is 40.7 Å². The van der Waals surface area contributed by atoms with E-state index in [4.69, 9.17) is 9.47 Å². The lowest BCUT2D eigenvalue weighted by atomic mass is 9.99. The summed E-state index contributed by atoms with van der Waals surface area (Å²) in [4.78, 5) is 28.0. The van der Waals surface area contributed by atoms with Gasteiger partial charge in [0.05, 0.1) is 31.1 Å². The van der Waals surface area contributed by atoms with Crippen molar-refractivity contribution in [1.29, 1.82) is 0 Å². The highest BCUT2D eigenvalue weighted by atomic mass is 16.5. The van der Waals surface area contributed by atoms with Crippen LogP contribution in [0.1, 0.15) is 41.8 Å². The molecular weight excluding hydrogens is 454 g/mol. The van der Waals surface area contributed by atoms with E-state index in [-0.39, 0.29) is 18.4 Å². The van der Waals surface area contributed by atoms with Gasteiger partial charge >= 0.3 is 0 Å². The molecule has 0 aromatic heterocycles. The van der Waals surface area contributed by atoms with Crippen LogP contribution in [0, 0.1) is 6.92 Å². The third-order valence-corrected chi connectivity index (χ3v) is 6.02. The quantitative estimate of drug-likeness (QED) is 0.420. The van der Waals surface area contributed by atoms with Gasteiger partial charge in [0, 0.05) is 29.9 Å². The van der Waals surface area contributed by atoms with Crippen LogP contribution < -0.4 is 25.0 Å². The first kappa shape index (κ1) is 25.1. The fraction of sp³-hybridized carbons (Fsp3) is 0.310. The van der Waals surface area contributed by atoms with Gasteiger partial charge in [-0.05, 0) is 57.4 Å². The van der Waals surface area contributed by atoms with E-state index in [1.165, 1.54) is 11.1 Å². The number of benzene rings is 3. The number of aryl methyl sites for hydroxylation is 2. The van der Waals surface area contributed by atoms with E-state index in [0.29, 0.717) is 41.7 Å². The fourth-order valence-electron chi connectivity index (χ4n) is 4.42. The number of carbonyl (C=O) groups is 2. The van der Waals surface area contributed by atoms with Gasteiger partial charge in [-0.25, -0.2) is 0 Å². The van der Waals surface area contributed by atoms with Gasteiger partial charge in [0.2, 0.25) is 5.91 Å². The highest BCUT2D eigenvalue weighted by molar-refractivity contribution is 6.05. The van der Waals surface area contributed by atoms with E-state index in [9.17, 15) is 9.59 Å². The van der Waals surface area contributed by atoms with Gasteiger partial charge in [0.1, 0.15) is 11.5 Å². The number of nitrogens with zero attached hydrogens (tertiary/aromatic N) is 1. The van der Waals surface area contributed by atoms with Gasteiger partial charge in [-0.3, -0.25) is 9.59 Å². The zero-order valence-electron chi connectivity index (χ0n) is 21.1. The minimum atomic E-state index is -0.255. The number of ether oxygens (including phenoxy) is 2. The molecule has 0 atom stereocenters. The van der Waals surface area contributed by atoms with E-state index < -0.39 is 0 Å². The van der Waals surface area contributed by atoms with Crippen molar-refractivity contribution in [3.05, 3.63) is 77.4 Å². The number of hydrogen-bond acceptors (Lipinski definition) is 5. The van der Waals surface area contributed by atoms with Crippen molar-refractivity contribution in [2.24, 2.45) is 0 Å². The van der Waals surface area contributed by atoms with Crippen LogP contribution in [-0.4, -0.2) is 38.1 Å². The van der Waals surface area contributed by atoms with Crippen LogP contribution in [0.25, 0.3) is 0 Å². The molecule has 3 aromatic rings. The lowest BCUT2D eigenvalue weighted by molar-refractivity contribution is -0.115. The Kier molecular flexibility index (Phi) is 8.10. The summed E-state index contributed by atoms with van der Waals surface area (Å²) in [6.07, 6.45) is 2.04. The maximum absolute atomic E-state index is 13.1. The SMILES string of the molecule is CCOc1cc(NC(=O)c2ccccc2)c(OCC)cc1NC(=O)CN1CCCc2cc(C)ccc21. The summed E-state index contributed by atoms with van der Waals surface area (Å²) in [7, 11) is 0. The lowest BCUT2D eigenvalue weighted by Crippen LogP contribution is -2.36. The normalized spacial score (nSPS) is 12.5. The highest BCUT2D eigenvalue weighted by Gasteiger charge is 2.21. The first-order valence-electron chi connectivity index (χ1n) is 12.4. The summed E-state index contributed by atoms with van der Waals surface area (Å²) in [5.41, 5.74) is 5.13. The number of fused-ring (bicyclic) bond motifs is 1. The number of anilines is 3. The van der Waals surface area contributed by atoms with Crippen LogP contribution in [-0.2, 0) is 11.2 Å². The number of carbonyl (C=O) groups excluding carboxylic acids is 2. The number of rotatable bonds is 9. The molecule has 2 N–H and O–H groups in total. The first-order chi connectivity index (χ1) is 17.5. The Morgan fingerprint density at radius 1 is 0.889 bits per heavy atom. The molecule has 188 valence electrons. The summed E-state index contributed by atoms with van der Waals surface area (Å²) in [5, 5.41) is 5.90. The minimum absolute atomic E-state index is 0.145. The molecule has 7 nitrogen and oxygen atoms in total. The van der Waals surface area contributed by atoms with Crippen LogP contribution in [0.3, 0.4) is 0 Å². The molecule has 0 spiro atoms. The Morgan fingerprint density at radius 2 is 1.56 bits per heavy atom. The molecule has 1 heterocycles. The molecule has 3 aromatic carbocycles. The molecule has 2 amide bonds. The molecule has 7 heteroatoms. The Morgan fingerprint density at radius 3 is 2.22 bits per heavy atom. The monoisotopic (exact) mass is 487 g/mol. The Hall–Kier alpha value is -4.00. The summed E-state index contributed by atoms with van der Waals surface area (Å²) >= 11 is 0. The summed E-state index contributed by atoms with van der Waals surface area (Å²) < 4.78 is 11.6. The average Bonchev–Trinajstić information content (AvgIpc) is 2.87. The molecule has 0 fully saturated rings. The largest absolute Gasteiger partial charge is 0.492 e. The van der Waals surface area contributed by atoms with Gasteiger partial charge in [-0.15, -0.1) is 0 Å². The van der Waals surface area contributed by atoms with E-state index in [0.717, 1.165) is 25.1 Å². The number of nitrogens with one attached hydrogen (secondary N) is 2. The summed E-state index contributed by atoms with van der Waals surface area (Å²) in [6, 6.07) is 18.8. The van der Waals surface area contributed by atoms with Crippen LogP contribution in [0.2, 0.25) is 0 Å². The Bertz CT molecular complexity index is 1230. The van der Waals surface area contributed by atoms with Crippen LogP contribution in [0.4, 0.5) is 17.1 Å². The highest BCUT2D eigenvalue weighted by Crippen LogP contribution is 2.37. The topological polar surface area (TPSA) is 79.9 Å². The third-order valence-electron chi connectivity index (χ3n) is 6.02. The standard InChI is InChI=1S/C29H33N3O4/c1-4-35-26-18-24(31-29(34)21-10-7-6-8-11-21)27(36-5-2)17-23(26)30-28(33)19-32-15-9-12-22-16-20(3)13-14-25(22)32/h6-8,10-11,13-14,16-18H,4-5,9,12,15,19H2,1-3H3,(H,30,33)(H,31,34). The molecule has 0 aliphatic carbocycles. The molecule has 0 saturated carbocycles. The van der Waals surface area contributed by atoms with Gasteiger partial charge in [-0.2, -0.15) is 0 Å². The molecular formula is C29H33N3O4. The van der Waals surface area contributed by atoms with E-state index >= 15 is 0 Å². The van der Waals surface area contributed by atoms with Crippen molar-refractivity contribution in [2.45, 2.75) is 33.6 Å². The van der Waals surface area contributed by atoms with Crippen molar-refractivity contribution < 1.29 is 19.1 Å². The van der Waals surface area contributed by atoms with Crippen molar-refractivity contribution >= 4 is 28.9 Å². The summed E-state index contributed by atoms with van der Waals surface area (Å²) in [5.74, 6) is 0.523. The Balaban J connectivity index is 1.55. The average molecular weight is 488 g/mol. The maximum Gasteiger partial charge on any atom is 0.255 e. The summed E-state index contributed by atoms with van der Waals surface area (Å²) in [6.45, 7) is 7.70. The van der Waals surface area contributed by atoms with Crippen molar-refractivity contribution in [3.63, 3.8) is 0 Å². The van der Waals surface area contributed by atoms with Crippen LogP contribution in [0.15, 0.2) is 60.7 Å². The molecule has 0 radical (unpaired) electrons. The van der Waals surface area contributed by atoms with Gasteiger partial charge in [-0.1, -0.05) is 35.9 Å². The Labute approximate surface area is 212 Å². The van der Waals surface area contributed by atoms with Crippen molar-refractivity contribution in [2.75, 3.05) is 41.8 Å². The molecule has 0 bridgehead atoms. The smallest absolute Gasteiger partial charge is 0.255 e. The third kappa shape index (κ3) is 5.97. The van der Waals surface area contributed by atoms with E-state index in [1.54, 1.807) is 24.3 Å². The second-order valence-electron chi connectivity index (χ2n) is 8.74. The predicted molar refractivity (Wildman–Crippen MR) is 144 cm³/mol. The lowest BCUT2D eigenvalue weighted by Gasteiger charge is -2.31. The van der Waals surface area contributed by atoms with E-state index in [1.807, 2.05) is 32.0 Å². The molecule has 1 aliphatic heterocycles. The zero-order chi connectivity index (χ0) is 25.5.